The van der Waals surface area contributed by atoms with E-state index in [1.165, 1.54) is 25.7 Å². The number of hydrogen-bond donors (Lipinski definition) is 1. The number of aryl methyl sites for hydroxylation is 2. The Kier molecular flexibility index (Phi) is 3.42. The minimum absolute atomic E-state index is 0.0738. The molecule has 1 aromatic rings. The van der Waals surface area contributed by atoms with Crippen molar-refractivity contribution in [2.75, 3.05) is 0 Å². The quantitative estimate of drug-likeness (QED) is 0.683. The van der Waals surface area contributed by atoms with Gasteiger partial charge in [0.25, 0.3) is 0 Å². The van der Waals surface area contributed by atoms with Crippen molar-refractivity contribution in [3.8, 4) is 0 Å². The molecule has 2 aliphatic rings. The normalized spacial score (nSPS) is 31.7. The Morgan fingerprint density at radius 1 is 1.43 bits per heavy atom. The number of hydrogen-bond acceptors (Lipinski definition) is 3. The van der Waals surface area contributed by atoms with Crippen molar-refractivity contribution in [2.24, 2.45) is 22.4 Å². The minimum atomic E-state index is 0.0738. The summed E-state index contributed by atoms with van der Waals surface area (Å²) in [6.45, 7) is 8.02. The maximum absolute atomic E-state index is 12.4. The van der Waals surface area contributed by atoms with Crippen LogP contribution in [0.3, 0.4) is 0 Å². The molecule has 0 saturated heterocycles. The fourth-order valence-electron chi connectivity index (χ4n) is 4.11. The third-order valence-electron chi connectivity index (χ3n) is 5.32. The summed E-state index contributed by atoms with van der Waals surface area (Å²) >= 11 is 0. The van der Waals surface area contributed by atoms with Crippen molar-refractivity contribution in [3.05, 3.63) is 23.2 Å². The van der Waals surface area contributed by atoms with E-state index >= 15 is 0 Å². The van der Waals surface area contributed by atoms with Gasteiger partial charge in [-0.05, 0) is 56.6 Å². The average Bonchev–Trinajstić information content (AvgIpc) is 2.93. The Labute approximate surface area is 126 Å². The molecule has 2 fully saturated rings. The van der Waals surface area contributed by atoms with Gasteiger partial charge in [-0.1, -0.05) is 19.8 Å². The molecule has 0 spiro atoms. The Hall–Kier alpha value is -1.58. The second-order valence-corrected chi connectivity index (χ2v) is 6.88. The van der Waals surface area contributed by atoms with E-state index in [9.17, 15) is 4.79 Å². The molecule has 1 aromatic heterocycles. The first-order valence-corrected chi connectivity index (χ1v) is 7.85. The first-order valence-electron chi connectivity index (χ1n) is 7.85. The van der Waals surface area contributed by atoms with Crippen LogP contribution in [-0.4, -0.2) is 11.6 Å². The molecule has 1 N–H and O–H groups in total. The number of nitrogens with one attached hydrogen (secondary N) is 1. The van der Waals surface area contributed by atoms with Gasteiger partial charge in [0.1, 0.15) is 11.5 Å². The standard InChI is InChI=1S/C17H24N2O2/c1-10-9-11(2)21-15(10)12(3)18-19-16(20)14-13-7-5-6-8-17(13,14)4/h9,13-14H,5-8H2,1-4H3,(H,19,20)/b18-12-/t13-,14-,17+/m0/s1. The lowest BCUT2D eigenvalue weighted by Crippen LogP contribution is -2.23. The van der Waals surface area contributed by atoms with E-state index in [1.54, 1.807) is 0 Å². The van der Waals surface area contributed by atoms with Gasteiger partial charge in [0, 0.05) is 5.92 Å². The molecule has 3 atom stereocenters. The van der Waals surface area contributed by atoms with Gasteiger partial charge in [-0.15, -0.1) is 0 Å². The van der Waals surface area contributed by atoms with Crippen LogP contribution < -0.4 is 5.43 Å². The number of hydrazone groups is 1. The zero-order chi connectivity index (χ0) is 15.2. The van der Waals surface area contributed by atoms with E-state index in [-0.39, 0.29) is 17.2 Å². The molecule has 1 amide bonds. The topological polar surface area (TPSA) is 54.6 Å². The smallest absolute Gasteiger partial charge is 0.244 e. The molecule has 0 aromatic carbocycles. The Bertz CT molecular complexity index is 602. The largest absolute Gasteiger partial charge is 0.460 e. The van der Waals surface area contributed by atoms with Crippen molar-refractivity contribution in [2.45, 2.75) is 53.4 Å². The van der Waals surface area contributed by atoms with Crippen LogP contribution in [0.4, 0.5) is 0 Å². The van der Waals surface area contributed by atoms with Crippen molar-refractivity contribution < 1.29 is 9.21 Å². The number of rotatable bonds is 3. The number of carbonyl (C=O) groups is 1. The van der Waals surface area contributed by atoms with Crippen LogP contribution in [-0.2, 0) is 4.79 Å². The minimum Gasteiger partial charge on any atom is -0.460 e. The summed E-state index contributed by atoms with van der Waals surface area (Å²) in [7, 11) is 0. The highest BCUT2D eigenvalue weighted by Gasteiger charge is 2.64. The maximum atomic E-state index is 12.4. The van der Waals surface area contributed by atoms with Crippen molar-refractivity contribution in [3.63, 3.8) is 0 Å². The Morgan fingerprint density at radius 2 is 2.19 bits per heavy atom. The van der Waals surface area contributed by atoms with Crippen LogP contribution in [0.2, 0.25) is 0 Å². The molecular weight excluding hydrogens is 264 g/mol. The summed E-state index contributed by atoms with van der Waals surface area (Å²) in [5.41, 5.74) is 4.75. The van der Waals surface area contributed by atoms with Gasteiger partial charge in [-0.25, -0.2) is 5.43 Å². The average molecular weight is 288 g/mol. The molecule has 0 unspecified atom stereocenters. The number of fused-ring (bicyclic) bond motifs is 1. The molecule has 21 heavy (non-hydrogen) atoms. The molecule has 2 saturated carbocycles. The zero-order valence-corrected chi connectivity index (χ0v) is 13.3. The third-order valence-corrected chi connectivity index (χ3v) is 5.32. The number of amides is 1. The summed E-state index contributed by atoms with van der Waals surface area (Å²) in [5.74, 6) is 2.41. The lowest BCUT2D eigenvalue weighted by molar-refractivity contribution is -0.123. The van der Waals surface area contributed by atoms with Gasteiger partial charge in [-0.3, -0.25) is 4.79 Å². The van der Waals surface area contributed by atoms with Crippen LogP contribution in [0, 0.1) is 31.1 Å². The SMILES string of the molecule is C/C(=N/NC(=O)[C@@H]1[C@@H]2CCCC[C@@]12C)c1oc(C)cc1C. The highest BCUT2D eigenvalue weighted by atomic mass is 16.3. The third kappa shape index (κ3) is 2.41. The maximum Gasteiger partial charge on any atom is 0.244 e. The van der Waals surface area contributed by atoms with Crippen molar-refractivity contribution in [1.29, 1.82) is 0 Å². The van der Waals surface area contributed by atoms with Crippen LogP contribution in [0.25, 0.3) is 0 Å². The highest BCUT2D eigenvalue weighted by molar-refractivity contribution is 5.98. The summed E-state index contributed by atoms with van der Waals surface area (Å²) in [6.07, 6.45) is 4.88. The zero-order valence-electron chi connectivity index (χ0n) is 13.3. The molecule has 4 heteroatoms. The lowest BCUT2D eigenvalue weighted by atomic mass is 9.90. The van der Waals surface area contributed by atoms with Gasteiger partial charge in [0.2, 0.25) is 5.91 Å². The molecule has 0 bridgehead atoms. The summed E-state index contributed by atoms with van der Waals surface area (Å²) in [4.78, 5) is 12.4. The predicted octanol–water partition coefficient (Wildman–Crippen LogP) is 3.56. The summed E-state index contributed by atoms with van der Waals surface area (Å²) < 4.78 is 5.62. The number of carbonyl (C=O) groups excluding carboxylic acids is 1. The molecule has 1 heterocycles. The van der Waals surface area contributed by atoms with Crippen LogP contribution in [0.1, 0.15) is 56.6 Å². The van der Waals surface area contributed by atoms with E-state index in [2.05, 4.69) is 17.5 Å². The van der Waals surface area contributed by atoms with E-state index < -0.39 is 0 Å². The second-order valence-electron chi connectivity index (χ2n) is 6.88. The van der Waals surface area contributed by atoms with E-state index in [0.29, 0.717) is 5.92 Å². The van der Waals surface area contributed by atoms with Crippen molar-refractivity contribution in [1.82, 2.24) is 5.43 Å². The molecule has 4 nitrogen and oxygen atoms in total. The Morgan fingerprint density at radius 3 is 2.76 bits per heavy atom. The first kappa shape index (κ1) is 14.4. The van der Waals surface area contributed by atoms with Gasteiger partial charge >= 0.3 is 0 Å². The Balaban J connectivity index is 1.66. The molecular formula is C17H24N2O2. The second kappa shape index (κ2) is 5.00. The van der Waals surface area contributed by atoms with Gasteiger partial charge < -0.3 is 4.42 Å². The van der Waals surface area contributed by atoms with Gasteiger partial charge in [0.05, 0.1) is 0 Å². The first-order chi connectivity index (χ1) is 9.93. The van der Waals surface area contributed by atoms with Gasteiger partial charge in [0.15, 0.2) is 5.76 Å². The van der Waals surface area contributed by atoms with Crippen LogP contribution >= 0.6 is 0 Å². The van der Waals surface area contributed by atoms with E-state index in [1.807, 2.05) is 26.8 Å². The van der Waals surface area contributed by atoms with E-state index in [4.69, 9.17) is 4.42 Å². The molecule has 114 valence electrons. The number of furan rings is 1. The summed E-state index contributed by atoms with van der Waals surface area (Å²) in [5, 5.41) is 4.24. The van der Waals surface area contributed by atoms with Gasteiger partial charge in [-0.2, -0.15) is 5.10 Å². The molecule has 0 aliphatic heterocycles. The molecule has 0 radical (unpaired) electrons. The van der Waals surface area contributed by atoms with Crippen LogP contribution in [0.5, 0.6) is 0 Å². The predicted molar refractivity (Wildman–Crippen MR) is 82.1 cm³/mol. The van der Waals surface area contributed by atoms with E-state index in [0.717, 1.165) is 22.8 Å². The molecule has 2 aliphatic carbocycles. The van der Waals surface area contributed by atoms with Crippen molar-refractivity contribution >= 4 is 11.6 Å². The number of nitrogens with zero attached hydrogens (tertiary/aromatic N) is 1. The fourth-order valence-corrected chi connectivity index (χ4v) is 4.11. The van der Waals surface area contributed by atoms with Crippen LogP contribution in [0.15, 0.2) is 15.6 Å². The summed E-state index contributed by atoms with van der Waals surface area (Å²) in [6, 6.07) is 1.98. The highest BCUT2D eigenvalue weighted by Crippen LogP contribution is 2.66. The fraction of sp³-hybridized carbons (Fsp3) is 0.647. The lowest BCUT2D eigenvalue weighted by Gasteiger charge is -2.15. The monoisotopic (exact) mass is 288 g/mol. The molecule has 3 rings (SSSR count).